The minimum atomic E-state index is -0.173. The quantitative estimate of drug-likeness (QED) is 0.771. The minimum absolute atomic E-state index is 0.173. The number of carbonyl (C=O) groups is 1. The van der Waals surface area contributed by atoms with E-state index in [9.17, 15) is 4.79 Å². The lowest BCUT2D eigenvalue weighted by atomic mass is 10.3. The van der Waals surface area contributed by atoms with Crippen molar-refractivity contribution in [2.75, 3.05) is 11.9 Å². The zero-order chi connectivity index (χ0) is 15.4. The van der Waals surface area contributed by atoms with Gasteiger partial charge in [-0.2, -0.15) is 5.10 Å². The molecule has 2 aromatic rings. The second kappa shape index (κ2) is 6.91. The van der Waals surface area contributed by atoms with Crippen molar-refractivity contribution >= 4 is 23.2 Å². The number of aromatic nitrogens is 3. The standard InChI is InChI=1S/C15H21N5OS/c1-11-10-22-14(18-11)3-2-7-16-15(21)19-13-6-8-17-20(13)9-12-4-5-12/h6,8,10,12H,2-5,7,9H2,1H3,(H2,16,19,21). The highest BCUT2D eigenvalue weighted by Gasteiger charge is 2.23. The van der Waals surface area contributed by atoms with Crippen LogP contribution in [0.25, 0.3) is 0 Å². The van der Waals surface area contributed by atoms with Crippen molar-refractivity contribution in [1.82, 2.24) is 20.1 Å². The van der Waals surface area contributed by atoms with Gasteiger partial charge in [0.25, 0.3) is 0 Å². The Labute approximate surface area is 133 Å². The summed E-state index contributed by atoms with van der Waals surface area (Å²) in [6.45, 7) is 3.53. The van der Waals surface area contributed by atoms with Gasteiger partial charge >= 0.3 is 6.03 Å². The van der Waals surface area contributed by atoms with Gasteiger partial charge in [0, 0.05) is 36.7 Å². The summed E-state index contributed by atoms with van der Waals surface area (Å²) in [5.41, 5.74) is 1.06. The van der Waals surface area contributed by atoms with E-state index in [1.165, 1.54) is 12.8 Å². The Morgan fingerprint density at radius 2 is 2.36 bits per heavy atom. The molecule has 1 aliphatic carbocycles. The fraction of sp³-hybridized carbons (Fsp3) is 0.533. The van der Waals surface area contributed by atoms with Gasteiger partial charge in [0.05, 0.1) is 11.2 Å². The van der Waals surface area contributed by atoms with Crippen LogP contribution in [0.1, 0.15) is 30.0 Å². The summed E-state index contributed by atoms with van der Waals surface area (Å²) in [6.07, 6.45) is 6.05. The number of aryl methyl sites for hydroxylation is 2. The molecule has 118 valence electrons. The lowest BCUT2D eigenvalue weighted by molar-refractivity contribution is 0.251. The average molecular weight is 319 g/mol. The molecule has 1 aliphatic rings. The highest BCUT2D eigenvalue weighted by Crippen LogP contribution is 2.31. The maximum absolute atomic E-state index is 11.9. The molecule has 0 bridgehead atoms. The number of amides is 2. The molecule has 2 amide bonds. The van der Waals surface area contributed by atoms with E-state index >= 15 is 0 Å². The smallest absolute Gasteiger partial charge is 0.320 e. The van der Waals surface area contributed by atoms with Gasteiger partial charge < -0.3 is 5.32 Å². The van der Waals surface area contributed by atoms with Gasteiger partial charge in [-0.25, -0.2) is 14.5 Å². The first-order valence-corrected chi connectivity index (χ1v) is 8.56. The molecule has 6 nitrogen and oxygen atoms in total. The Kier molecular flexibility index (Phi) is 4.72. The van der Waals surface area contributed by atoms with Gasteiger partial charge in [0.15, 0.2) is 0 Å². The number of nitrogens with zero attached hydrogens (tertiary/aromatic N) is 3. The van der Waals surface area contributed by atoms with Gasteiger partial charge in [-0.05, 0) is 32.1 Å². The van der Waals surface area contributed by atoms with E-state index in [4.69, 9.17) is 0 Å². The van der Waals surface area contributed by atoms with E-state index in [0.29, 0.717) is 6.54 Å². The van der Waals surface area contributed by atoms with Crippen LogP contribution in [-0.2, 0) is 13.0 Å². The van der Waals surface area contributed by atoms with Crippen molar-refractivity contribution in [3.05, 3.63) is 28.3 Å². The Bertz CT molecular complexity index is 631. The van der Waals surface area contributed by atoms with Gasteiger partial charge in [-0.3, -0.25) is 5.32 Å². The summed E-state index contributed by atoms with van der Waals surface area (Å²) < 4.78 is 1.87. The van der Waals surface area contributed by atoms with E-state index in [2.05, 4.69) is 26.1 Å². The predicted molar refractivity (Wildman–Crippen MR) is 87.1 cm³/mol. The van der Waals surface area contributed by atoms with Crippen molar-refractivity contribution in [3.8, 4) is 0 Å². The van der Waals surface area contributed by atoms with E-state index in [1.54, 1.807) is 17.5 Å². The van der Waals surface area contributed by atoms with Crippen molar-refractivity contribution in [2.45, 2.75) is 39.2 Å². The van der Waals surface area contributed by atoms with Gasteiger partial charge in [-0.15, -0.1) is 11.3 Å². The number of hydrogen-bond donors (Lipinski definition) is 2. The van der Waals surface area contributed by atoms with Gasteiger partial charge in [0.1, 0.15) is 5.82 Å². The molecule has 0 saturated heterocycles. The van der Waals surface area contributed by atoms with Crippen LogP contribution in [0, 0.1) is 12.8 Å². The monoisotopic (exact) mass is 319 g/mol. The molecule has 1 saturated carbocycles. The normalized spacial score (nSPS) is 14.0. The van der Waals surface area contributed by atoms with Crippen LogP contribution < -0.4 is 10.6 Å². The van der Waals surface area contributed by atoms with E-state index in [0.717, 1.165) is 41.8 Å². The summed E-state index contributed by atoms with van der Waals surface area (Å²) in [4.78, 5) is 16.3. The highest BCUT2D eigenvalue weighted by molar-refractivity contribution is 7.09. The zero-order valence-electron chi connectivity index (χ0n) is 12.7. The van der Waals surface area contributed by atoms with Crippen LogP contribution in [0.2, 0.25) is 0 Å². The predicted octanol–water partition coefficient (Wildman–Crippen LogP) is 2.81. The molecule has 2 N–H and O–H groups in total. The van der Waals surface area contributed by atoms with Gasteiger partial charge in [0.2, 0.25) is 0 Å². The molecule has 2 aromatic heterocycles. The first kappa shape index (κ1) is 15.0. The molecule has 0 aliphatic heterocycles. The first-order chi connectivity index (χ1) is 10.7. The van der Waals surface area contributed by atoms with Gasteiger partial charge in [-0.1, -0.05) is 0 Å². The number of carbonyl (C=O) groups excluding carboxylic acids is 1. The van der Waals surface area contributed by atoms with Crippen molar-refractivity contribution in [2.24, 2.45) is 5.92 Å². The summed E-state index contributed by atoms with van der Waals surface area (Å²) in [5.74, 6) is 1.49. The molecule has 3 rings (SSSR count). The van der Waals surface area contributed by atoms with E-state index in [-0.39, 0.29) is 6.03 Å². The third kappa shape index (κ3) is 4.30. The topological polar surface area (TPSA) is 71.8 Å². The molecule has 7 heteroatoms. The number of anilines is 1. The third-order valence-corrected chi connectivity index (χ3v) is 4.63. The number of thiazole rings is 1. The van der Waals surface area contributed by atoms with Crippen LogP contribution in [-0.4, -0.2) is 27.3 Å². The van der Waals surface area contributed by atoms with Crippen molar-refractivity contribution in [1.29, 1.82) is 0 Å². The summed E-state index contributed by atoms with van der Waals surface area (Å²) in [5, 5.41) is 13.2. The average Bonchev–Trinajstić information content (AvgIpc) is 3.05. The maximum Gasteiger partial charge on any atom is 0.320 e. The lowest BCUT2D eigenvalue weighted by Gasteiger charge is -2.09. The fourth-order valence-electron chi connectivity index (χ4n) is 2.25. The molecule has 0 atom stereocenters. The summed E-state index contributed by atoms with van der Waals surface area (Å²) in [7, 11) is 0. The fourth-order valence-corrected chi connectivity index (χ4v) is 3.07. The SMILES string of the molecule is Cc1csc(CCCNC(=O)Nc2ccnn2CC2CC2)n1. The Hall–Kier alpha value is -1.89. The van der Waals surface area contributed by atoms with Crippen LogP contribution in [0.4, 0.5) is 10.6 Å². The largest absolute Gasteiger partial charge is 0.338 e. The molecule has 0 radical (unpaired) electrons. The first-order valence-electron chi connectivity index (χ1n) is 7.68. The number of nitrogens with one attached hydrogen (secondary N) is 2. The highest BCUT2D eigenvalue weighted by atomic mass is 32.1. The molecule has 0 aromatic carbocycles. The van der Waals surface area contributed by atoms with Crippen LogP contribution in [0.15, 0.2) is 17.6 Å². The number of rotatable bonds is 7. The molecular formula is C15H21N5OS. The Morgan fingerprint density at radius 3 is 3.09 bits per heavy atom. The van der Waals surface area contributed by atoms with E-state index in [1.807, 2.05) is 17.7 Å². The minimum Gasteiger partial charge on any atom is -0.338 e. The molecular weight excluding hydrogens is 298 g/mol. The molecule has 0 unspecified atom stereocenters. The maximum atomic E-state index is 11.9. The van der Waals surface area contributed by atoms with Crippen LogP contribution >= 0.6 is 11.3 Å². The van der Waals surface area contributed by atoms with Crippen molar-refractivity contribution in [3.63, 3.8) is 0 Å². The molecule has 2 heterocycles. The Morgan fingerprint density at radius 1 is 1.50 bits per heavy atom. The third-order valence-electron chi connectivity index (χ3n) is 3.61. The Balaban J connectivity index is 1.38. The summed E-state index contributed by atoms with van der Waals surface area (Å²) in [6, 6.07) is 1.66. The van der Waals surface area contributed by atoms with E-state index < -0.39 is 0 Å². The van der Waals surface area contributed by atoms with Crippen LogP contribution in [0.3, 0.4) is 0 Å². The molecule has 0 spiro atoms. The number of urea groups is 1. The van der Waals surface area contributed by atoms with Crippen LogP contribution in [0.5, 0.6) is 0 Å². The molecule has 22 heavy (non-hydrogen) atoms. The summed E-state index contributed by atoms with van der Waals surface area (Å²) >= 11 is 1.67. The zero-order valence-corrected chi connectivity index (χ0v) is 13.5. The number of hydrogen-bond acceptors (Lipinski definition) is 4. The second-order valence-corrected chi connectivity index (χ2v) is 6.65. The lowest BCUT2D eigenvalue weighted by Crippen LogP contribution is -2.30. The second-order valence-electron chi connectivity index (χ2n) is 5.71. The van der Waals surface area contributed by atoms with Crippen molar-refractivity contribution < 1.29 is 4.79 Å². The molecule has 1 fully saturated rings.